The lowest BCUT2D eigenvalue weighted by Crippen LogP contribution is -2.29. The molecule has 0 spiro atoms. The van der Waals surface area contributed by atoms with Crippen molar-refractivity contribution in [3.63, 3.8) is 0 Å². The maximum absolute atomic E-state index is 8.90. The Labute approximate surface area is 49.1 Å². The van der Waals surface area contributed by atoms with E-state index in [0.717, 1.165) is 19.3 Å². The number of hydrogen-bond donors (Lipinski definition) is 2. The van der Waals surface area contributed by atoms with Crippen LogP contribution in [-0.4, -0.2) is 22.4 Å². The molecule has 2 heteroatoms. The van der Waals surface area contributed by atoms with Crippen LogP contribution in [0.1, 0.15) is 19.3 Å². The first-order valence-electron chi connectivity index (χ1n) is 3.00. The molecule has 1 fully saturated rings. The van der Waals surface area contributed by atoms with Gasteiger partial charge in [0.05, 0.1) is 6.42 Å². The summed E-state index contributed by atoms with van der Waals surface area (Å²) in [4.78, 5) is 0. The fraction of sp³-hybridized carbons (Fsp3) is 0.833. The Balaban J connectivity index is 2.28. The maximum atomic E-state index is 8.90. The largest absolute Gasteiger partial charge is 0.386 e. The van der Waals surface area contributed by atoms with Crippen molar-refractivity contribution in [2.24, 2.45) is 0 Å². The van der Waals surface area contributed by atoms with Crippen molar-refractivity contribution in [2.45, 2.75) is 31.5 Å². The van der Waals surface area contributed by atoms with Gasteiger partial charge in [-0.3, -0.25) is 0 Å². The molecule has 0 aromatic carbocycles. The standard InChI is InChI=1S/C6H11O2/c7-5-3-1-2-4-6(5)8/h3,5-8H,1-2,4H2/q+1/t5-,6-/m0/s1. The third-order valence-corrected chi connectivity index (χ3v) is 1.51. The van der Waals surface area contributed by atoms with Crippen molar-refractivity contribution in [3.8, 4) is 0 Å². The lowest BCUT2D eigenvalue weighted by molar-refractivity contribution is 0.0187. The molecule has 0 unspecified atom stereocenters. The van der Waals surface area contributed by atoms with Crippen LogP contribution in [0.3, 0.4) is 0 Å². The first kappa shape index (κ1) is 5.92. The Morgan fingerprint density at radius 1 is 1.38 bits per heavy atom. The molecule has 2 nitrogen and oxygen atoms in total. The summed E-state index contributed by atoms with van der Waals surface area (Å²) in [6.45, 7) is 0. The van der Waals surface area contributed by atoms with Gasteiger partial charge in [0, 0.05) is 0 Å². The first-order chi connectivity index (χ1) is 3.80. The summed E-state index contributed by atoms with van der Waals surface area (Å²) < 4.78 is 0. The Kier molecular flexibility index (Phi) is 1.76. The molecule has 1 aliphatic rings. The third kappa shape index (κ3) is 1.14. The van der Waals surface area contributed by atoms with E-state index in [0.29, 0.717) is 0 Å². The summed E-state index contributed by atoms with van der Waals surface area (Å²) in [6, 6.07) is 0. The minimum atomic E-state index is -0.566. The molecule has 0 bridgehead atoms. The van der Waals surface area contributed by atoms with Gasteiger partial charge in [0.25, 0.3) is 0 Å². The van der Waals surface area contributed by atoms with E-state index in [1.807, 2.05) is 0 Å². The molecule has 2 atom stereocenters. The third-order valence-electron chi connectivity index (χ3n) is 1.51. The van der Waals surface area contributed by atoms with E-state index in [9.17, 15) is 0 Å². The molecule has 1 rings (SSSR count). The summed E-state index contributed by atoms with van der Waals surface area (Å²) in [5.74, 6) is 0. The van der Waals surface area contributed by atoms with Crippen LogP contribution in [-0.2, 0) is 0 Å². The highest BCUT2D eigenvalue weighted by atomic mass is 16.3. The van der Waals surface area contributed by atoms with Crippen LogP contribution in [0.2, 0.25) is 0 Å². The van der Waals surface area contributed by atoms with E-state index in [2.05, 4.69) is 0 Å². The molecule has 2 N–H and O–H groups in total. The van der Waals surface area contributed by atoms with Crippen LogP contribution in [0.5, 0.6) is 0 Å². The van der Waals surface area contributed by atoms with Gasteiger partial charge in [-0.15, -0.1) is 0 Å². The van der Waals surface area contributed by atoms with Crippen LogP contribution in [0.25, 0.3) is 0 Å². The normalized spacial score (nSPS) is 38.8. The molecule has 0 aliphatic heterocycles. The summed E-state index contributed by atoms with van der Waals surface area (Å²) >= 11 is 0. The number of rotatable bonds is 0. The minimum absolute atomic E-state index is 0.497. The van der Waals surface area contributed by atoms with Crippen LogP contribution >= 0.6 is 0 Å². The molecule has 0 aromatic rings. The second-order valence-electron chi connectivity index (χ2n) is 2.22. The Bertz CT molecular complexity index is 62.9. The van der Waals surface area contributed by atoms with E-state index in [-0.39, 0.29) is 0 Å². The topological polar surface area (TPSA) is 40.5 Å². The molecule has 0 aromatic heterocycles. The molecule has 1 aliphatic carbocycles. The van der Waals surface area contributed by atoms with Crippen LogP contribution in [0.4, 0.5) is 0 Å². The molecule has 0 saturated heterocycles. The van der Waals surface area contributed by atoms with Gasteiger partial charge in [0.1, 0.15) is 12.5 Å². The first-order valence-corrected chi connectivity index (χ1v) is 3.00. The fourth-order valence-corrected chi connectivity index (χ4v) is 0.943. The van der Waals surface area contributed by atoms with Gasteiger partial charge in [0.15, 0.2) is 0 Å². The zero-order valence-corrected chi connectivity index (χ0v) is 4.75. The highest BCUT2D eigenvalue weighted by molar-refractivity contribution is 4.86. The minimum Gasteiger partial charge on any atom is -0.386 e. The average Bonchev–Trinajstić information content (AvgIpc) is 1.77. The summed E-state index contributed by atoms with van der Waals surface area (Å²) in [7, 11) is 0. The second-order valence-corrected chi connectivity index (χ2v) is 2.22. The van der Waals surface area contributed by atoms with Crippen molar-refractivity contribution in [1.29, 1.82) is 0 Å². The van der Waals surface area contributed by atoms with Gasteiger partial charge in [-0.1, -0.05) is 0 Å². The smallest absolute Gasteiger partial charge is 0.220 e. The Morgan fingerprint density at radius 2 is 2.12 bits per heavy atom. The van der Waals surface area contributed by atoms with E-state index in [1.165, 1.54) is 0 Å². The molecule has 0 heterocycles. The highest BCUT2D eigenvalue weighted by Crippen LogP contribution is 2.16. The molecular weight excluding hydrogens is 104 g/mol. The van der Waals surface area contributed by atoms with Gasteiger partial charge >= 0.3 is 0 Å². The predicted octanol–water partition coefficient (Wildman–Crippen LogP) is 0.0964. The second kappa shape index (κ2) is 2.37. The van der Waals surface area contributed by atoms with E-state index in [4.69, 9.17) is 10.2 Å². The Morgan fingerprint density at radius 3 is 2.50 bits per heavy atom. The van der Waals surface area contributed by atoms with Gasteiger partial charge < -0.3 is 10.2 Å². The lowest BCUT2D eigenvalue weighted by Gasteiger charge is -2.14. The molecular formula is C6H11O2+. The molecule has 8 heavy (non-hydrogen) atoms. The van der Waals surface area contributed by atoms with Gasteiger partial charge in [0.2, 0.25) is 6.10 Å². The van der Waals surface area contributed by atoms with Crippen LogP contribution in [0.15, 0.2) is 0 Å². The monoisotopic (exact) mass is 115 g/mol. The highest BCUT2D eigenvalue weighted by Gasteiger charge is 2.27. The van der Waals surface area contributed by atoms with Crippen LogP contribution in [0, 0.1) is 6.42 Å². The predicted molar refractivity (Wildman–Crippen MR) is 30.2 cm³/mol. The zero-order chi connectivity index (χ0) is 5.98. The summed E-state index contributed by atoms with van der Waals surface area (Å²) in [6.07, 6.45) is 3.40. The van der Waals surface area contributed by atoms with E-state index >= 15 is 0 Å². The number of hydrogen-bond acceptors (Lipinski definition) is 2. The Hall–Kier alpha value is -0.210. The van der Waals surface area contributed by atoms with Crippen molar-refractivity contribution in [1.82, 2.24) is 0 Å². The number of aliphatic hydroxyl groups excluding tert-OH is 2. The van der Waals surface area contributed by atoms with Crippen molar-refractivity contribution in [3.05, 3.63) is 6.42 Å². The van der Waals surface area contributed by atoms with E-state index < -0.39 is 12.2 Å². The maximum Gasteiger partial charge on any atom is 0.220 e. The summed E-state index contributed by atoms with van der Waals surface area (Å²) in [5.41, 5.74) is 0. The van der Waals surface area contributed by atoms with Crippen molar-refractivity contribution >= 4 is 0 Å². The van der Waals surface area contributed by atoms with Crippen molar-refractivity contribution in [2.75, 3.05) is 0 Å². The molecule has 0 amide bonds. The van der Waals surface area contributed by atoms with Gasteiger partial charge in [-0.05, 0) is 12.8 Å². The average molecular weight is 115 g/mol. The zero-order valence-electron chi connectivity index (χ0n) is 4.75. The molecule has 0 radical (unpaired) electrons. The van der Waals surface area contributed by atoms with E-state index in [1.54, 1.807) is 6.42 Å². The van der Waals surface area contributed by atoms with Crippen molar-refractivity contribution < 1.29 is 10.2 Å². The number of aliphatic hydroxyl groups is 2. The van der Waals surface area contributed by atoms with Gasteiger partial charge in [-0.2, -0.15) is 0 Å². The fourth-order valence-electron chi connectivity index (χ4n) is 0.943. The van der Waals surface area contributed by atoms with Gasteiger partial charge in [-0.25, -0.2) is 0 Å². The molecule has 1 saturated carbocycles. The SMILES string of the molecule is O[C@H]1[CH+]CCC[C@@H]1O. The molecule has 46 valence electrons. The van der Waals surface area contributed by atoms with Crippen LogP contribution < -0.4 is 0 Å². The quantitative estimate of drug-likeness (QED) is 0.439. The summed E-state index contributed by atoms with van der Waals surface area (Å²) in [5, 5.41) is 17.8. The lowest BCUT2D eigenvalue weighted by atomic mass is 9.95.